The van der Waals surface area contributed by atoms with Crippen LogP contribution in [0.15, 0.2) is 48.5 Å². The lowest BCUT2D eigenvalue weighted by Gasteiger charge is -2.18. The summed E-state index contributed by atoms with van der Waals surface area (Å²) in [5, 5.41) is 7.10. The first kappa shape index (κ1) is 19.9. The Hall–Kier alpha value is -2.40. The lowest BCUT2D eigenvalue weighted by Crippen LogP contribution is -2.36. The quantitative estimate of drug-likeness (QED) is 0.556. The topological polar surface area (TPSA) is 50.4 Å². The van der Waals surface area contributed by atoms with Gasteiger partial charge in [-0.2, -0.15) is 0 Å². The van der Waals surface area contributed by atoms with Crippen LogP contribution in [0, 0.1) is 6.92 Å². The van der Waals surface area contributed by atoms with Crippen LogP contribution >= 0.6 is 12.2 Å². The Labute approximate surface area is 161 Å². The second-order valence-corrected chi connectivity index (χ2v) is 6.68. The summed E-state index contributed by atoms with van der Waals surface area (Å²) >= 11 is 5.41. The van der Waals surface area contributed by atoms with Gasteiger partial charge in [0.25, 0.3) is 0 Å². The van der Waals surface area contributed by atoms with Gasteiger partial charge in [-0.15, -0.1) is 0 Å². The number of carbonyl (C=O) groups is 1. The third-order valence-electron chi connectivity index (χ3n) is 4.07. The van der Waals surface area contributed by atoms with Crippen molar-refractivity contribution >= 4 is 29.0 Å². The third kappa shape index (κ3) is 6.15. The summed E-state index contributed by atoms with van der Waals surface area (Å²) in [7, 11) is 0. The molecule has 0 aliphatic heterocycles. The number of ether oxygens (including phenoxy) is 1. The van der Waals surface area contributed by atoms with E-state index >= 15 is 0 Å². The second-order valence-electron chi connectivity index (χ2n) is 6.27. The molecule has 0 heterocycles. The molecule has 5 heteroatoms. The highest BCUT2D eigenvalue weighted by atomic mass is 32.1. The normalized spacial score (nSPS) is 11.5. The summed E-state index contributed by atoms with van der Waals surface area (Å²) in [6.45, 7) is 6.22. The minimum Gasteiger partial charge on any atom is -0.462 e. The number of rotatable bonds is 7. The van der Waals surface area contributed by atoms with Gasteiger partial charge in [-0.1, -0.05) is 30.3 Å². The monoisotopic (exact) mass is 370 g/mol. The zero-order chi connectivity index (χ0) is 18.9. The molecule has 2 N–H and O–H groups in total. The maximum Gasteiger partial charge on any atom is 0.338 e. The van der Waals surface area contributed by atoms with Gasteiger partial charge < -0.3 is 15.4 Å². The van der Waals surface area contributed by atoms with Gasteiger partial charge in [0.15, 0.2) is 5.11 Å². The van der Waals surface area contributed by atoms with Crippen LogP contribution in [0.4, 0.5) is 5.69 Å². The fourth-order valence-electron chi connectivity index (χ4n) is 2.63. The zero-order valence-corrected chi connectivity index (χ0v) is 16.4. The maximum absolute atomic E-state index is 11.8. The standard InChI is InChI=1S/C21H26N2O2S/c1-4-25-20(24)18-12-13-19(15(2)14-18)23-21(26)22-16(3)10-11-17-8-6-5-7-9-17/h5-9,12-14,16H,4,10-11H2,1-3H3,(H2,22,23,26). The summed E-state index contributed by atoms with van der Waals surface area (Å²) in [4.78, 5) is 11.8. The fraction of sp³-hybridized carbons (Fsp3) is 0.333. The van der Waals surface area contributed by atoms with Gasteiger partial charge in [-0.3, -0.25) is 0 Å². The lowest BCUT2D eigenvalue weighted by atomic mass is 10.1. The average molecular weight is 371 g/mol. The first-order valence-electron chi connectivity index (χ1n) is 8.88. The van der Waals surface area contributed by atoms with E-state index < -0.39 is 0 Å². The van der Waals surface area contributed by atoms with Crippen LogP contribution in [0.2, 0.25) is 0 Å². The molecule has 0 bridgehead atoms. The predicted molar refractivity (Wildman–Crippen MR) is 111 cm³/mol. The number of aryl methyl sites for hydroxylation is 2. The summed E-state index contributed by atoms with van der Waals surface area (Å²) < 4.78 is 5.02. The molecule has 0 fully saturated rings. The van der Waals surface area contributed by atoms with Gasteiger partial charge in [0.2, 0.25) is 0 Å². The first-order chi connectivity index (χ1) is 12.5. The summed E-state index contributed by atoms with van der Waals surface area (Å²) in [6, 6.07) is 16.1. The van der Waals surface area contributed by atoms with E-state index in [9.17, 15) is 4.79 Å². The molecule has 26 heavy (non-hydrogen) atoms. The largest absolute Gasteiger partial charge is 0.462 e. The molecule has 0 spiro atoms. The van der Waals surface area contributed by atoms with E-state index in [1.165, 1.54) is 5.56 Å². The Morgan fingerprint density at radius 3 is 2.58 bits per heavy atom. The Bertz CT molecular complexity index is 747. The van der Waals surface area contributed by atoms with Gasteiger partial charge in [0.05, 0.1) is 12.2 Å². The number of thiocarbonyl (C=S) groups is 1. The van der Waals surface area contributed by atoms with Crippen molar-refractivity contribution in [3.05, 3.63) is 65.2 Å². The van der Waals surface area contributed by atoms with Gasteiger partial charge >= 0.3 is 5.97 Å². The number of nitrogens with one attached hydrogen (secondary N) is 2. The number of hydrogen-bond acceptors (Lipinski definition) is 3. The van der Waals surface area contributed by atoms with Gasteiger partial charge in [-0.05, 0) is 75.2 Å². The number of carbonyl (C=O) groups excluding carboxylic acids is 1. The Kier molecular flexibility index (Phi) is 7.60. The summed E-state index contributed by atoms with van der Waals surface area (Å²) in [6.07, 6.45) is 2.00. The van der Waals surface area contributed by atoms with Crippen molar-refractivity contribution in [1.29, 1.82) is 0 Å². The SMILES string of the molecule is CCOC(=O)c1ccc(NC(=S)NC(C)CCc2ccccc2)c(C)c1. The van der Waals surface area contributed by atoms with Gasteiger partial charge in [0.1, 0.15) is 0 Å². The van der Waals surface area contributed by atoms with Crippen LogP contribution < -0.4 is 10.6 Å². The van der Waals surface area contributed by atoms with Crippen LogP contribution in [0.1, 0.15) is 41.8 Å². The van der Waals surface area contributed by atoms with Crippen LogP contribution in [0.25, 0.3) is 0 Å². The number of esters is 1. The van der Waals surface area contributed by atoms with Gasteiger partial charge in [-0.25, -0.2) is 4.79 Å². The molecule has 1 atom stereocenters. The highest BCUT2D eigenvalue weighted by Crippen LogP contribution is 2.17. The minimum absolute atomic E-state index is 0.259. The van der Waals surface area contributed by atoms with Crippen LogP contribution in [-0.2, 0) is 11.2 Å². The molecule has 0 saturated carbocycles. The molecule has 138 valence electrons. The van der Waals surface area contributed by atoms with E-state index in [0.717, 1.165) is 24.1 Å². The third-order valence-corrected chi connectivity index (χ3v) is 4.29. The average Bonchev–Trinajstić information content (AvgIpc) is 2.62. The molecule has 2 aromatic rings. The first-order valence-corrected chi connectivity index (χ1v) is 9.29. The minimum atomic E-state index is -0.308. The van der Waals surface area contributed by atoms with Crippen molar-refractivity contribution in [2.24, 2.45) is 0 Å². The molecule has 0 radical (unpaired) electrons. The van der Waals surface area contributed by atoms with E-state index in [1.54, 1.807) is 13.0 Å². The fourth-order valence-corrected chi connectivity index (χ4v) is 2.94. The molecule has 0 aliphatic carbocycles. The molecule has 0 saturated heterocycles. The van der Waals surface area contributed by atoms with Crippen molar-refractivity contribution in [3.63, 3.8) is 0 Å². The Morgan fingerprint density at radius 1 is 1.19 bits per heavy atom. The number of benzene rings is 2. The summed E-state index contributed by atoms with van der Waals surface area (Å²) in [5.74, 6) is -0.308. The summed E-state index contributed by atoms with van der Waals surface area (Å²) in [5.41, 5.74) is 3.69. The van der Waals surface area contributed by atoms with Crippen molar-refractivity contribution in [2.45, 2.75) is 39.7 Å². The van der Waals surface area contributed by atoms with E-state index in [2.05, 4.69) is 41.8 Å². The van der Waals surface area contributed by atoms with Crippen LogP contribution in [-0.4, -0.2) is 23.7 Å². The number of hydrogen-bond donors (Lipinski definition) is 2. The Morgan fingerprint density at radius 2 is 1.92 bits per heavy atom. The molecular formula is C21H26N2O2S. The van der Waals surface area contributed by atoms with Crippen molar-refractivity contribution in [3.8, 4) is 0 Å². The van der Waals surface area contributed by atoms with Gasteiger partial charge in [0, 0.05) is 11.7 Å². The predicted octanol–water partition coefficient (Wildman–Crippen LogP) is 4.48. The van der Waals surface area contributed by atoms with Crippen LogP contribution in [0.5, 0.6) is 0 Å². The molecule has 2 aromatic carbocycles. The van der Waals surface area contributed by atoms with E-state index in [4.69, 9.17) is 17.0 Å². The molecule has 2 rings (SSSR count). The highest BCUT2D eigenvalue weighted by Gasteiger charge is 2.10. The maximum atomic E-state index is 11.8. The van der Waals surface area contributed by atoms with Crippen molar-refractivity contribution in [1.82, 2.24) is 5.32 Å². The zero-order valence-electron chi connectivity index (χ0n) is 15.5. The van der Waals surface area contributed by atoms with Crippen molar-refractivity contribution < 1.29 is 9.53 Å². The molecule has 0 aromatic heterocycles. The highest BCUT2D eigenvalue weighted by molar-refractivity contribution is 7.80. The molecule has 0 aliphatic rings. The molecule has 0 amide bonds. The number of anilines is 1. The van der Waals surface area contributed by atoms with E-state index in [0.29, 0.717) is 17.3 Å². The molecule has 1 unspecified atom stereocenters. The van der Waals surface area contributed by atoms with E-state index in [1.807, 2.05) is 25.1 Å². The van der Waals surface area contributed by atoms with E-state index in [-0.39, 0.29) is 12.0 Å². The van der Waals surface area contributed by atoms with Crippen molar-refractivity contribution in [2.75, 3.05) is 11.9 Å². The van der Waals surface area contributed by atoms with Crippen LogP contribution in [0.3, 0.4) is 0 Å². The second kappa shape index (κ2) is 9.92. The lowest BCUT2D eigenvalue weighted by molar-refractivity contribution is 0.0526. The molecular weight excluding hydrogens is 344 g/mol. The molecule has 4 nitrogen and oxygen atoms in total. The smallest absolute Gasteiger partial charge is 0.338 e. The Balaban J connectivity index is 1.85.